The Kier molecular flexibility index (Phi) is 5.87. The van der Waals surface area contributed by atoms with Gasteiger partial charge < -0.3 is 19.3 Å². The van der Waals surface area contributed by atoms with Crippen LogP contribution < -0.4 is 9.47 Å². The molecule has 0 amide bonds. The lowest BCUT2D eigenvalue weighted by Crippen LogP contribution is -2.07. The van der Waals surface area contributed by atoms with E-state index < -0.39 is 5.97 Å². The normalized spacial score (nSPS) is 14.0. The fraction of sp³-hybridized carbons (Fsp3) is 0.562. The minimum absolute atomic E-state index is 0.101. The van der Waals surface area contributed by atoms with Crippen LogP contribution in [0.2, 0.25) is 0 Å². The largest absolute Gasteiger partial charge is 0.493 e. The maximum Gasteiger partial charge on any atom is 0.303 e. The number of benzene rings is 1. The molecule has 0 heterocycles. The molecule has 1 aliphatic carbocycles. The minimum atomic E-state index is -0.802. The van der Waals surface area contributed by atoms with Crippen molar-refractivity contribution in [3.05, 3.63) is 23.8 Å². The summed E-state index contributed by atoms with van der Waals surface area (Å²) in [5, 5.41) is 8.81. The molecule has 0 bridgehead atoms. The molecular weight excluding hydrogens is 272 g/mol. The van der Waals surface area contributed by atoms with Gasteiger partial charge in [0.15, 0.2) is 0 Å². The Bertz CT molecular complexity index is 468. The van der Waals surface area contributed by atoms with Crippen molar-refractivity contribution < 1.29 is 24.1 Å². The topological polar surface area (TPSA) is 65.0 Å². The van der Waals surface area contributed by atoms with Crippen LogP contribution in [0, 0.1) is 5.92 Å². The summed E-state index contributed by atoms with van der Waals surface area (Å²) in [6.07, 6.45) is 3.00. The lowest BCUT2D eigenvalue weighted by Gasteiger charge is -2.13. The summed E-state index contributed by atoms with van der Waals surface area (Å²) in [5.41, 5.74) is 0.914. The molecule has 0 spiro atoms. The van der Waals surface area contributed by atoms with E-state index in [0.29, 0.717) is 32.2 Å². The molecule has 0 aromatic heterocycles. The third-order valence-electron chi connectivity index (χ3n) is 3.37. The number of aryl methyl sites for hydroxylation is 1. The van der Waals surface area contributed by atoms with Crippen molar-refractivity contribution in [3.63, 3.8) is 0 Å². The molecule has 0 radical (unpaired) electrons. The molecule has 1 fully saturated rings. The number of ether oxygens (including phenoxy) is 3. The second-order valence-electron chi connectivity index (χ2n) is 5.26. The van der Waals surface area contributed by atoms with Crippen molar-refractivity contribution >= 4 is 5.97 Å². The van der Waals surface area contributed by atoms with Gasteiger partial charge in [0.25, 0.3) is 0 Å². The second kappa shape index (κ2) is 7.88. The molecule has 1 aromatic rings. The van der Waals surface area contributed by atoms with Crippen LogP contribution in [0.5, 0.6) is 11.5 Å². The number of carboxylic acid groups (broad SMARTS) is 1. The fourth-order valence-electron chi connectivity index (χ4n) is 1.94. The van der Waals surface area contributed by atoms with E-state index in [1.165, 1.54) is 12.8 Å². The van der Waals surface area contributed by atoms with E-state index in [0.717, 1.165) is 17.1 Å². The van der Waals surface area contributed by atoms with Crippen LogP contribution in [0.4, 0.5) is 0 Å². The zero-order valence-corrected chi connectivity index (χ0v) is 12.3. The number of carbonyl (C=O) groups is 1. The molecule has 0 saturated heterocycles. The second-order valence-corrected chi connectivity index (χ2v) is 5.26. The van der Waals surface area contributed by atoms with Gasteiger partial charge in [0.05, 0.1) is 13.2 Å². The van der Waals surface area contributed by atoms with E-state index in [2.05, 4.69) is 0 Å². The van der Waals surface area contributed by atoms with Crippen LogP contribution >= 0.6 is 0 Å². The number of hydrogen-bond donors (Lipinski definition) is 1. The molecule has 0 atom stereocenters. The molecule has 0 aliphatic heterocycles. The van der Waals surface area contributed by atoms with E-state index in [-0.39, 0.29) is 6.42 Å². The highest BCUT2D eigenvalue weighted by Crippen LogP contribution is 2.32. The highest BCUT2D eigenvalue weighted by molar-refractivity contribution is 5.67. The molecule has 1 aromatic carbocycles. The standard InChI is InChI=1S/C16H22O5/c1-19-8-9-20-14-6-4-13(5-7-16(17)18)15(10-14)21-11-12-2-3-12/h4,6,10,12H,2-3,5,7-9,11H2,1H3,(H,17,18). The monoisotopic (exact) mass is 294 g/mol. The zero-order valence-electron chi connectivity index (χ0n) is 12.3. The number of aliphatic carboxylic acids is 1. The van der Waals surface area contributed by atoms with Crippen molar-refractivity contribution in [3.8, 4) is 11.5 Å². The molecule has 116 valence electrons. The Hall–Kier alpha value is -1.75. The van der Waals surface area contributed by atoms with Crippen LogP contribution in [0.3, 0.4) is 0 Å². The van der Waals surface area contributed by atoms with Crippen molar-refractivity contribution in [2.75, 3.05) is 26.9 Å². The summed E-state index contributed by atoms with van der Waals surface area (Å²) in [5.74, 6) is 1.30. The highest BCUT2D eigenvalue weighted by Gasteiger charge is 2.22. The first-order valence-electron chi connectivity index (χ1n) is 7.28. The van der Waals surface area contributed by atoms with Gasteiger partial charge in [-0.2, -0.15) is 0 Å². The van der Waals surface area contributed by atoms with Crippen LogP contribution in [-0.4, -0.2) is 38.0 Å². The van der Waals surface area contributed by atoms with E-state index >= 15 is 0 Å². The predicted octanol–water partition coefficient (Wildman–Crippen LogP) is 2.52. The van der Waals surface area contributed by atoms with Gasteiger partial charge in [0.1, 0.15) is 18.1 Å². The maximum absolute atomic E-state index is 10.7. The van der Waals surface area contributed by atoms with Crippen molar-refractivity contribution in [1.82, 2.24) is 0 Å². The number of rotatable bonds is 10. The molecule has 2 rings (SSSR count). The van der Waals surface area contributed by atoms with Crippen LogP contribution in [0.15, 0.2) is 18.2 Å². The summed E-state index contributed by atoms with van der Waals surface area (Å²) in [7, 11) is 1.63. The van der Waals surface area contributed by atoms with E-state index in [4.69, 9.17) is 19.3 Å². The van der Waals surface area contributed by atoms with Gasteiger partial charge in [0.2, 0.25) is 0 Å². The quantitative estimate of drug-likeness (QED) is 0.672. The first-order valence-corrected chi connectivity index (χ1v) is 7.28. The lowest BCUT2D eigenvalue weighted by molar-refractivity contribution is -0.136. The molecule has 0 unspecified atom stereocenters. The number of methoxy groups -OCH3 is 1. The third kappa shape index (κ3) is 5.63. The zero-order chi connectivity index (χ0) is 15.1. The van der Waals surface area contributed by atoms with Crippen molar-refractivity contribution in [1.29, 1.82) is 0 Å². The molecule has 1 aliphatic rings. The number of hydrogen-bond acceptors (Lipinski definition) is 4. The molecule has 21 heavy (non-hydrogen) atoms. The van der Waals surface area contributed by atoms with Crippen LogP contribution in [-0.2, 0) is 16.0 Å². The van der Waals surface area contributed by atoms with Crippen LogP contribution in [0.1, 0.15) is 24.8 Å². The summed E-state index contributed by atoms with van der Waals surface area (Å²) in [6, 6.07) is 5.57. The van der Waals surface area contributed by atoms with Gasteiger partial charge in [-0.25, -0.2) is 0 Å². The summed E-state index contributed by atoms with van der Waals surface area (Å²) < 4.78 is 16.4. The van der Waals surface area contributed by atoms with Crippen molar-refractivity contribution in [2.45, 2.75) is 25.7 Å². The maximum atomic E-state index is 10.7. The predicted molar refractivity (Wildman–Crippen MR) is 78.0 cm³/mol. The highest BCUT2D eigenvalue weighted by atomic mass is 16.5. The van der Waals surface area contributed by atoms with Gasteiger partial charge in [-0.3, -0.25) is 4.79 Å². The summed E-state index contributed by atoms with van der Waals surface area (Å²) in [6.45, 7) is 1.70. The van der Waals surface area contributed by atoms with Gasteiger partial charge >= 0.3 is 5.97 Å². The van der Waals surface area contributed by atoms with Gasteiger partial charge in [-0.1, -0.05) is 6.07 Å². The van der Waals surface area contributed by atoms with Gasteiger partial charge in [-0.15, -0.1) is 0 Å². The van der Waals surface area contributed by atoms with E-state index in [1.807, 2.05) is 18.2 Å². The van der Waals surface area contributed by atoms with E-state index in [1.54, 1.807) is 7.11 Å². The Morgan fingerprint density at radius 3 is 2.76 bits per heavy atom. The first kappa shape index (κ1) is 15.6. The van der Waals surface area contributed by atoms with Crippen molar-refractivity contribution in [2.24, 2.45) is 5.92 Å². The Balaban J connectivity index is 2.00. The van der Waals surface area contributed by atoms with E-state index in [9.17, 15) is 4.79 Å². The fourth-order valence-corrected chi connectivity index (χ4v) is 1.94. The summed E-state index contributed by atoms with van der Waals surface area (Å²) in [4.78, 5) is 10.7. The average molecular weight is 294 g/mol. The first-order chi connectivity index (χ1) is 10.2. The molecule has 5 nitrogen and oxygen atoms in total. The average Bonchev–Trinajstić information content (AvgIpc) is 3.28. The van der Waals surface area contributed by atoms with Gasteiger partial charge in [0, 0.05) is 19.6 Å². The van der Waals surface area contributed by atoms with Crippen LogP contribution in [0.25, 0.3) is 0 Å². The van der Waals surface area contributed by atoms with Gasteiger partial charge in [-0.05, 0) is 36.8 Å². The molecule has 1 saturated carbocycles. The SMILES string of the molecule is COCCOc1ccc(CCC(=O)O)c(OCC2CC2)c1. The molecular formula is C16H22O5. The Labute approximate surface area is 124 Å². The number of carboxylic acids is 1. The Morgan fingerprint density at radius 1 is 1.29 bits per heavy atom. The Morgan fingerprint density at radius 2 is 2.10 bits per heavy atom. The third-order valence-corrected chi connectivity index (χ3v) is 3.37. The smallest absolute Gasteiger partial charge is 0.303 e. The molecule has 5 heteroatoms. The lowest BCUT2D eigenvalue weighted by atomic mass is 10.1. The molecule has 1 N–H and O–H groups in total. The minimum Gasteiger partial charge on any atom is -0.493 e. The summed E-state index contributed by atoms with van der Waals surface area (Å²) >= 11 is 0.